The van der Waals surface area contributed by atoms with Gasteiger partial charge in [0.05, 0.1) is 0 Å². The molecular weight excluding hydrogens is 416 g/mol. The van der Waals surface area contributed by atoms with Crippen molar-refractivity contribution in [3.8, 4) is 23.0 Å². The largest absolute Gasteiger partial charge is 0.504 e. The number of carbonyl (C=O) groups is 2. The second-order valence-electron chi connectivity index (χ2n) is 7.44. The molecule has 8 heteroatoms. The molecule has 1 aliphatic carbocycles. The van der Waals surface area contributed by atoms with Gasteiger partial charge in [0.1, 0.15) is 12.2 Å². The lowest BCUT2D eigenvalue weighted by Crippen LogP contribution is -2.29. The molecule has 0 radical (unpaired) electrons. The highest BCUT2D eigenvalue weighted by Crippen LogP contribution is 2.27. The highest BCUT2D eigenvalue weighted by molar-refractivity contribution is 5.88. The number of benzene rings is 2. The van der Waals surface area contributed by atoms with Gasteiger partial charge in [0.25, 0.3) is 0 Å². The third kappa shape index (κ3) is 6.53. The van der Waals surface area contributed by atoms with Gasteiger partial charge in [-0.1, -0.05) is 12.1 Å². The van der Waals surface area contributed by atoms with Crippen molar-refractivity contribution in [1.82, 2.24) is 0 Å². The first-order valence-corrected chi connectivity index (χ1v) is 10.1. The molecule has 2 aromatic carbocycles. The summed E-state index contributed by atoms with van der Waals surface area (Å²) in [6.45, 7) is 0. The van der Waals surface area contributed by atoms with Crippen molar-refractivity contribution in [2.75, 3.05) is 0 Å². The Hall–Kier alpha value is -3.94. The van der Waals surface area contributed by atoms with Crippen molar-refractivity contribution in [2.45, 2.75) is 37.9 Å². The van der Waals surface area contributed by atoms with Crippen LogP contribution >= 0.6 is 0 Å². The van der Waals surface area contributed by atoms with E-state index in [-0.39, 0.29) is 35.2 Å². The summed E-state index contributed by atoms with van der Waals surface area (Å²) in [5.41, 5.74) is 1.09. The van der Waals surface area contributed by atoms with Gasteiger partial charge < -0.3 is 29.9 Å². The number of hydrogen-bond acceptors (Lipinski definition) is 8. The molecule has 32 heavy (non-hydrogen) atoms. The second-order valence-corrected chi connectivity index (χ2v) is 7.44. The van der Waals surface area contributed by atoms with Gasteiger partial charge in [-0.05, 0) is 73.2 Å². The lowest BCUT2D eigenvalue weighted by molar-refractivity contribution is -0.151. The van der Waals surface area contributed by atoms with Crippen molar-refractivity contribution in [3.63, 3.8) is 0 Å². The van der Waals surface area contributed by atoms with Gasteiger partial charge in [-0.25, -0.2) is 9.59 Å². The van der Waals surface area contributed by atoms with Gasteiger partial charge in [0.15, 0.2) is 23.0 Å². The minimum Gasteiger partial charge on any atom is -0.504 e. The maximum atomic E-state index is 12.0. The number of aromatic hydroxyl groups is 4. The molecule has 3 rings (SSSR count). The molecule has 168 valence electrons. The zero-order chi connectivity index (χ0) is 23.1. The quantitative estimate of drug-likeness (QED) is 0.304. The number of rotatable bonds is 6. The minimum absolute atomic E-state index is 0.239. The van der Waals surface area contributed by atoms with Gasteiger partial charge in [-0.15, -0.1) is 0 Å². The van der Waals surface area contributed by atoms with Crippen LogP contribution in [0.2, 0.25) is 0 Å². The van der Waals surface area contributed by atoms with Crippen LogP contribution in [0.25, 0.3) is 12.2 Å². The number of esters is 2. The fourth-order valence-electron chi connectivity index (χ4n) is 3.29. The molecule has 0 saturated heterocycles. The lowest BCUT2D eigenvalue weighted by atomic mass is 9.95. The van der Waals surface area contributed by atoms with Crippen LogP contribution in [-0.4, -0.2) is 44.6 Å². The normalized spacial score (nSPS) is 18.6. The molecule has 1 aliphatic rings. The van der Waals surface area contributed by atoms with E-state index in [0.717, 1.165) is 0 Å². The Balaban J connectivity index is 1.41. The van der Waals surface area contributed by atoms with E-state index in [1.54, 1.807) is 12.1 Å². The van der Waals surface area contributed by atoms with E-state index in [1.807, 2.05) is 0 Å². The molecule has 1 saturated carbocycles. The predicted molar refractivity (Wildman–Crippen MR) is 116 cm³/mol. The molecule has 0 amide bonds. The van der Waals surface area contributed by atoms with Crippen molar-refractivity contribution in [2.24, 2.45) is 0 Å². The topological polar surface area (TPSA) is 134 Å². The summed E-state index contributed by atoms with van der Waals surface area (Å²) in [6, 6.07) is 8.42. The number of phenolic OH excluding ortho intramolecular Hbond substituents is 4. The molecule has 0 aliphatic heterocycles. The smallest absolute Gasteiger partial charge is 0.331 e. The standard InChI is InChI=1S/C24H24O8/c25-19-9-1-15(13-21(19)27)3-11-23(29)31-17-5-7-18(8-6-17)32-24(30)12-4-16-2-10-20(26)22(28)14-16/h1-4,9-14,17-18,25-28H,5-8H2/b11-3-,12-4-. The van der Waals surface area contributed by atoms with E-state index < -0.39 is 11.9 Å². The SMILES string of the molecule is O=C(/C=C\c1ccc(O)c(O)c1)OC1CCC(OC(=O)/C=C\c2ccc(O)c(O)c2)CC1. The maximum absolute atomic E-state index is 12.0. The summed E-state index contributed by atoms with van der Waals surface area (Å²) >= 11 is 0. The molecule has 8 nitrogen and oxygen atoms in total. The number of ether oxygens (including phenoxy) is 2. The van der Waals surface area contributed by atoms with Crippen LogP contribution in [-0.2, 0) is 19.1 Å². The van der Waals surface area contributed by atoms with Gasteiger partial charge in [0.2, 0.25) is 0 Å². The molecule has 0 spiro atoms. The van der Waals surface area contributed by atoms with Crippen LogP contribution in [0.4, 0.5) is 0 Å². The first-order valence-electron chi connectivity index (χ1n) is 10.1. The molecule has 0 bridgehead atoms. The first kappa shape index (κ1) is 22.7. The molecular formula is C24H24O8. The Bertz CT molecular complexity index is 949. The van der Waals surface area contributed by atoms with Crippen LogP contribution < -0.4 is 0 Å². The summed E-state index contributed by atoms with van der Waals surface area (Å²) < 4.78 is 10.8. The number of carbonyl (C=O) groups excluding carboxylic acids is 2. The van der Waals surface area contributed by atoms with Crippen molar-refractivity contribution >= 4 is 24.1 Å². The van der Waals surface area contributed by atoms with Crippen LogP contribution in [0.3, 0.4) is 0 Å². The van der Waals surface area contributed by atoms with Crippen LogP contribution in [0, 0.1) is 0 Å². The Labute approximate surface area is 184 Å². The van der Waals surface area contributed by atoms with Gasteiger partial charge >= 0.3 is 11.9 Å². The molecule has 0 aromatic heterocycles. The van der Waals surface area contributed by atoms with Crippen LogP contribution in [0.15, 0.2) is 48.6 Å². The van der Waals surface area contributed by atoms with Crippen LogP contribution in [0.5, 0.6) is 23.0 Å². The first-order chi connectivity index (χ1) is 15.3. The zero-order valence-electron chi connectivity index (χ0n) is 17.2. The highest BCUT2D eigenvalue weighted by Gasteiger charge is 2.25. The van der Waals surface area contributed by atoms with Gasteiger partial charge in [0, 0.05) is 12.2 Å². The monoisotopic (exact) mass is 440 g/mol. The highest BCUT2D eigenvalue weighted by atomic mass is 16.6. The fraction of sp³-hybridized carbons (Fsp3) is 0.250. The molecule has 0 heterocycles. The summed E-state index contributed by atoms with van der Waals surface area (Å²) in [5, 5.41) is 37.5. The average molecular weight is 440 g/mol. The molecule has 2 aromatic rings. The predicted octanol–water partition coefficient (Wildman–Crippen LogP) is 3.63. The minimum atomic E-state index is -0.516. The molecule has 0 unspecified atom stereocenters. The average Bonchev–Trinajstić information content (AvgIpc) is 2.77. The van der Waals surface area contributed by atoms with Crippen LogP contribution in [0.1, 0.15) is 36.8 Å². The Morgan fingerprint density at radius 3 is 1.38 bits per heavy atom. The van der Waals surface area contributed by atoms with Gasteiger partial charge in [-0.3, -0.25) is 0 Å². The Morgan fingerprint density at radius 2 is 1.03 bits per heavy atom. The number of hydrogen-bond donors (Lipinski definition) is 4. The third-order valence-electron chi connectivity index (χ3n) is 5.01. The maximum Gasteiger partial charge on any atom is 0.331 e. The van der Waals surface area contributed by atoms with E-state index in [1.165, 1.54) is 48.6 Å². The van der Waals surface area contributed by atoms with Crippen molar-refractivity contribution < 1.29 is 39.5 Å². The number of phenols is 4. The summed E-state index contributed by atoms with van der Waals surface area (Å²) in [4.78, 5) is 24.0. The molecule has 1 fully saturated rings. The van der Waals surface area contributed by atoms with Crippen molar-refractivity contribution in [1.29, 1.82) is 0 Å². The third-order valence-corrected chi connectivity index (χ3v) is 5.01. The Kier molecular flexibility index (Phi) is 7.38. The zero-order valence-corrected chi connectivity index (χ0v) is 17.2. The lowest BCUT2D eigenvalue weighted by Gasteiger charge is -2.27. The van der Waals surface area contributed by atoms with Gasteiger partial charge in [-0.2, -0.15) is 0 Å². The summed E-state index contributed by atoms with van der Waals surface area (Å²) in [7, 11) is 0. The molecule has 0 atom stereocenters. The van der Waals surface area contributed by atoms with E-state index >= 15 is 0 Å². The summed E-state index contributed by atoms with van der Waals surface area (Å²) in [6.07, 6.45) is 7.18. The van der Waals surface area contributed by atoms with E-state index in [4.69, 9.17) is 9.47 Å². The van der Waals surface area contributed by atoms with Crippen molar-refractivity contribution in [3.05, 3.63) is 59.7 Å². The van der Waals surface area contributed by atoms with E-state index in [2.05, 4.69) is 0 Å². The molecule has 4 N–H and O–H groups in total. The summed E-state index contributed by atoms with van der Waals surface area (Å²) in [5.74, 6) is -2.06. The van der Waals surface area contributed by atoms with E-state index in [9.17, 15) is 30.0 Å². The van der Waals surface area contributed by atoms with E-state index in [0.29, 0.717) is 36.8 Å². The Morgan fingerprint density at radius 1 is 0.656 bits per heavy atom. The second kappa shape index (κ2) is 10.4. The fourth-order valence-corrected chi connectivity index (χ4v) is 3.29.